The maximum Gasteiger partial charge on any atom is 0.251 e. The highest BCUT2D eigenvalue weighted by atomic mass is 32.2. The van der Waals surface area contributed by atoms with Gasteiger partial charge in [0.05, 0.1) is 5.69 Å². The van der Waals surface area contributed by atoms with E-state index in [0.29, 0.717) is 12.1 Å². The number of rotatable bonds is 4. The van der Waals surface area contributed by atoms with Gasteiger partial charge in [0.15, 0.2) is 0 Å². The smallest absolute Gasteiger partial charge is 0.251 e. The Labute approximate surface area is 123 Å². The predicted molar refractivity (Wildman–Crippen MR) is 82.5 cm³/mol. The third-order valence-corrected chi connectivity index (χ3v) is 5.45. The lowest BCUT2D eigenvalue weighted by atomic mass is 9.88. The van der Waals surface area contributed by atoms with E-state index >= 15 is 0 Å². The van der Waals surface area contributed by atoms with E-state index in [1.807, 2.05) is 11.8 Å². The molecule has 1 aliphatic rings. The fourth-order valence-corrected chi connectivity index (χ4v) is 3.59. The second-order valence-corrected chi connectivity index (χ2v) is 6.64. The third kappa shape index (κ3) is 3.45. The first kappa shape index (κ1) is 15.2. The highest BCUT2D eigenvalue weighted by molar-refractivity contribution is 8.00. The van der Waals surface area contributed by atoms with Gasteiger partial charge in [0.25, 0.3) is 5.91 Å². The second kappa shape index (κ2) is 6.48. The van der Waals surface area contributed by atoms with Gasteiger partial charge in [-0.05, 0) is 37.3 Å². The van der Waals surface area contributed by atoms with Gasteiger partial charge >= 0.3 is 0 Å². The number of carbonyl (C=O) groups is 1. The topological polar surface area (TPSA) is 55.1 Å². The molecule has 110 valence electrons. The summed E-state index contributed by atoms with van der Waals surface area (Å²) in [7, 11) is 0. The standard InChI is InChI=1S/C15H21FN2OS/c1-20-15(7-3-2-4-8-15)10-18-14(19)11-5-6-12(16)13(17)9-11/h5-6,9H,2-4,7-8,10,17H2,1H3,(H,18,19). The zero-order valence-corrected chi connectivity index (χ0v) is 12.6. The van der Waals surface area contributed by atoms with E-state index in [4.69, 9.17) is 5.73 Å². The molecule has 3 N–H and O–H groups in total. The summed E-state index contributed by atoms with van der Waals surface area (Å²) in [5.41, 5.74) is 5.91. The molecule has 1 saturated carbocycles. The van der Waals surface area contributed by atoms with Crippen LogP contribution in [-0.2, 0) is 0 Å². The number of nitrogens with one attached hydrogen (secondary N) is 1. The van der Waals surface area contributed by atoms with Crippen LogP contribution in [0.3, 0.4) is 0 Å². The van der Waals surface area contributed by atoms with Crippen molar-refractivity contribution in [2.24, 2.45) is 0 Å². The van der Waals surface area contributed by atoms with Gasteiger partial charge in [0, 0.05) is 16.9 Å². The van der Waals surface area contributed by atoms with Crippen LogP contribution < -0.4 is 11.1 Å². The summed E-state index contributed by atoms with van der Waals surface area (Å²) in [6, 6.07) is 4.08. The Morgan fingerprint density at radius 2 is 2.10 bits per heavy atom. The van der Waals surface area contributed by atoms with Gasteiger partial charge in [-0.15, -0.1) is 0 Å². The highest BCUT2D eigenvalue weighted by Crippen LogP contribution is 2.37. The maximum atomic E-state index is 13.1. The molecular weight excluding hydrogens is 275 g/mol. The van der Waals surface area contributed by atoms with Gasteiger partial charge in [0.2, 0.25) is 0 Å². The lowest BCUT2D eigenvalue weighted by molar-refractivity contribution is 0.0947. The van der Waals surface area contributed by atoms with E-state index in [0.717, 1.165) is 12.8 Å². The van der Waals surface area contributed by atoms with Crippen LogP contribution in [0, 0.1) is 5.82 Å². The van der Waals surface area contributed by atoms with E-state index in [1.54, 1.807) is 0 Å². The van der Waals surface area contributed by atoms with Gasteiger partial charge in [0.1, 0.15) is 5.82 Å². The summed E-state index contributed by atoms with van der Waals surface area (Å²) in [6.07, 6.45) is 8.11. The van der Waals surface area contributed by atoms with Crippen LogP contribution in [0.1, 0.15) is 42.5 Å². The molecule has 0 aromatic heterocycles. The molecule has 1 aliphatic carbocycles. The van der Waals surface area contributed by atoms with Crippen molar-refractivity contribution in [3.63, 3.8) is 0 Å². The predicted octanol–water partition coefficient (Wildman–Crippen LogP) is 3.20. The van der Waals surface area contributed by atoms with Crippen LogP contribution in [0.2, 0.25) is 0 Å². The van der Waals surface area contributed by atoms with Crippen molar-refractivity contribution in [2.45, 2.75) is 36.9 Å². The van der Waals surface area contributed by atoms with Crippen LogP contribution in [0.15, 0.2) is 18.2 Å². The molecule has 0 radical (unpaired) electrons. The molecule has 2 rings (SSSR count). The van der Waals surface area contributed by atoms with Crippen molar-refractivity contribution in [1.29, 1.82) is 0 Å². The van der Waals surface area contributed by atoms with E-state index < -0.39 is 5.82 Å². The monoisotopic (exact) mass is 296 g/mol. The van der Waals surface area contributed by atoms with Crippen molar-refractivity contribution in [1.82, 2.24) is 5.32 Å². The van der Waals surface area contributed by atoms with Crippen molar-refractivity contribution in [3.8, 4) is 0 Å². The molecular formula is C15H21FN2OS. The summed E-state index contributed by atoms with van der Waals surface area (Å²) in [5.74, 6) is -0.676. The Morgan fingerprint density at radius 3 is 2.70 bits per heavy atom. The van der Waals surface area contributed by atoms with Crippen LogP contribution in [-0.4, -0.2) is 23.5 Å². The summed E-state index contributed by atoms with van der Waals surface area (Å²) >= 11 is 1.84. The molecule has 20 heavy (non-hydrogen) atoms. The van der Waals surface area contributed by atoms with Crippen molar-refractivity contribution in [3.05, 3.63) is 29.6 Å². The van der Waals surface area contributed by atoms with E-state index in [1.165, 1.54) is 37.5 Å². The molecule has 1 fully saturated rings. The van der Waals surface area contributed by atoms with Gasteiger partial charge in [-0.25, -0.2) is 4.39 Å². The van der Waals surface area contributed by atoms with E-state index in [-0.39, 0.29) is 16.3 Å². The lowest BCUT2D eigenvalue weighted by Gasteiger charge is -2.35. The fraction of sp³-hybridized carbons (Fsp3) is 0.533. The fourth-order valence-electron chi connectivity index (χ4n) is 2.68. The molecule has 3 nitrogen and oxygen atoms in total. The number of thioether (sulfide) groups is 1. The number of benzene rings is 1. The number of halogens is 1. The molecule has 0 heterocycles. The SMILES string of the molecule is CSC1(CNC(=O)c2ccc(F)c(N)c2)CCCCC1. The molecule has 1 aromatic carbocycles. The number of anilines is 1. The zero-order chi connectivity index (χ0) is 14.6. The molecule has 1 aromatic rings. The third-order valence-electron chi connectivity index (χ3n) is 4.03. The Balaban J connectivity index is 1.98. The number of nitrogens with two attached hydrogens (primary N) is 1. The molecule has 0 atom stereocenters. The first-order chi connectivity index (χ1) is 9.56. The Hall–Kier alpha value is -1.23. The van der Waals surface area contributed by atoms with Gasteiger partial charge in [-0.2, -0.15) is 11.8 Å². The lowest BCUT2D eigenvalue weighted by Crippen LogP contribution is -2.41. The quantitative estimate of drug-likeness (QED) is 0.839. The number of hydrogen-bond acceptors (Lipinski definition) is 3. The number of amides is 1. The number of carbonyl (C=O) groups excluding carboxylic acids is 1. The maximum absolute atomic E-state index is 13.1. The largest absolute Gasteiger partial charge is 0.396 e. The van der Waals surface area contributed by atoms with Crippen LogP contribution in [0.4, 0.5) is 10.1 Å². The summed E-state index contributed by atoms with van der Waals surface area (Å²) in [6.45, 7) is 0.657. The molecule has 0 unspecified atom stereocenters. The normalized spacial score (nSPS) is 17.7. The summed E-state index contributed by atoms with van der Waals surface area (Å²) < 4.78 is 13.2. The zero-order valence-electron chi connectivity index (χ0n) is 11.7. The van der Waals surface area contributed by atoms with Crippen LogP contribution in [0.5, 0.6) is 0 Å². The highest BCUT2D eigenvalue weighted by Gasteiger charge is 2.31. The van der Waals surface area contributed by atoms with Gasteiger partial charge < -0.3 is 11.1 Å². The van der Waals surface area contributed by atoms with Gasteiger partial charge in [-0.3, -0.25) is 4.79 Å². The molecule has 0 spiro atoms. The van der Waals surface area contributed by atoms with Crippen molar-refractivity contribution < 1.29 is 9.18 Å². The van der Waals surface area contributed by atoms with E-state index in [9.17, 15) is 9.18 Å². The Kier molecular flexibility index (Phi) is 4.91. The number of hydrogen-bond donors (Lipinski definition) is 2. The minimum atomic E-state index is -0.491. The van der Waals surface area contributed by atoms with Crippen LogP contribution >= 0.6 is 11.8 Å². The molecule has 0 saturated heterocycles. The van der Waals surface area contributed by atoms with Crippen molar-refractivity contribution in [2.75, 3.05) is 18.5 Å². The number of nitrogen functional groups attached to an aromatic ring is 1. The van der Waals surface area contributed by atoms with E-state index in [2.05, 4.69) is 11.6 Å². The minimum absolute atomic E-state index is 0.00916. The minimum Gasteiger partial charge on any atom is -0.396 e. The first-order valence-corrected chi connectivity index (χ1v) is 8.17. The second-order valence-electron chi connectivity index (χ2n) is 5.37. The van der Waals surface area contributed by atoms with Crippen LogP contribution in [0.25, 0.3) is 0 Å². The van der Waals surface area contributed by atoms with Gasteiger partial charge in [-0.1, -0.05) is 19.3 Å². The summed E-state index contributed by atoms with van der Waals surface area (Å²) in [4.78, 5) is 12.1. The summed E-state index contributed by atoms with van der Waals surface area (Å²) in [5, 5.41) is 2.97. The molecule has 5 heteroatoms. The average Bonchev–Trinajstić information content (AvgIpc) is 2.48. The molecule has 0 bridgehead atoms. The molecule has 1 amide bonds. The first-order valence-electron chi connectivity index (χ1n) is 6.95. The van der Waals surface area contributed by atoms with Crippen molar-refractivity contribution >= 4 is 23.4 Å². The molecule has 0 aliphatic heterocycles. The Morgan fingerprint density at radius 1 is 1.40 bits per heavy atom. The average molecular weight is 296 g/mol. The Bertz CT molecular complexity index is 487.